The lowest BCUT2D eigenvalue weighted by Gasteiger charge is -2.06. The first kappa shape index (κ1) is 19.6. The fraction of sp³-hybridized carbons (Fsp3) is 0.0800. The van der Waals surface area contributed by atoms with Crippen molar-refractivity contribution in [3.05, 3.63) is 94.7 Å². The number of fused-ring (bicyclic) bond motifs is 1. The summed E-state index contributed by atoms with van der Waals surface area (Å²) >= 11 is 0. The monoisotopic (exact) mass is 426 g/mol. The smallest absolute Gasteiger partial charge is 0.254 e. The number of aromatic nitrogens is 2. The van der Waals surface area contributed by atoms with E-state index >= 15 is 0 Å². The zero-order chi connectivity index (χ0) is 22.1. The Labute approximate surface area is 182 Å². The third kappa shape index (κ3) is 3.83. The quantitative estimate of drug-likeness (QED) is 0.417. The molecule has 158 valence electrons. The van der Waals surface area contributed by atoms with Crippen molar-refractivity contribution in [2.24, 2.45) is 0 Å². The summed E-state index contributed by atoms with van der Waals surface area (Å²) in [6, 6.07) is 19.2. The summed E-state index contributed by atoms with van der Waals surface area (Å²) in [6.45, 7) is 2.09. The number of benzene rings is 3. The molecule has 2 aromatic heterocycles. The SMILES string of the molecule is Cc1ccc(-c2nnc(COc3ccc4c(=O)c(-c5ccc(O)cc5)coc4c3)o2)cc1. The van der Waals surface area contributed by atoms with Crippen LogP contribution >= 0.6 is 0 Å². The first-order valence-corrected chi connectivity index (χ1v) is 9.94. The highest BCUT2D eigenvalue weighted by atomic mass is 16.5. The van der Waals surface area contributed by atoms with Crippen LogP contribution in [0.2, 0.25) is 0 Å². The van der Waals surface area contributed by atoms with E-state index in [1.807, 2.05) is 31.2 Å². The Morgan fingerprint density at radius 2 is 1.69 bits per heavy atom. The van der Waals surface area contributed by atoms with Crippen molar-refractivity contribution in [3.63, 3.8) is 0 Å². The van der Waals surface area contributed by atoms with Crippen LogP contribution in [0.25, 0.3) is 33.6 Å². The van der Waals surface area contributed by atoms with Gasteiger partial charge < -0.3 is 18.7 Å². The maximum atomic E-state index is 12.9. The minimum atomic E-state index is -0.164. The Hall–Kier alpha value is -4.39. The molecule has 0 aliphatic rings. The number of aryl methyl sites for hydroxylation is 1. The number of phenols is 1. The second-order valence-corrected chi connectivity index (χ2v) is 7.34. The number of aromatic hydroxyl groups is 1. The predicted molar refractivity (Wildman–Crippen MR) is 118 cm³/mol. The van der Waals surface area contributed by atoms with Gasteiger partial charge in [0.2, 0.25) is 5.89 Å². The first-order valence-electron chi connectivity index (χ1n) is 9.94. The van der Waals surface area contributed by atoms with E-state index < -0.39 is 0 Å². The fourth-order valence-corrected chi connectivity index (χ4v) is 3.31. The molecule has 0 radical (unpaired) electrons. The summed E-state index contributed by atoms with van der Waals surface area (Å²) in [5.74, 6) is 1.40. The van der Waals surface area contributed by atoms with E-state index in [1.54, 1.807) is 30.3 Å². The predicted octanol–water partition coefficient (Wildman–Crippen LogP) is 5.10. The Balaban J connectivity index is 1.34. The van der Waals surface area contributed by atoms with E-state index in [1.165, 1.54) is 18.4 Å². The highest BCUT2D eigenvalue weighted by Gasteiger charge is 2.12. The zero-order valence-electron chi connectivity index (χ0n) is 17.1. The Kier molecular flexibility index (Phi) is 4.91. The van der Waals surface area contributed by atoms with Crippen LogP contribution < -0.4 is 10.2 Å². The van der Waals surface area contributed by atoms with Gasteiger partial charge in [-0.3, -0.25) is 4.79 Å². The molecule has 0 spiro atoms. The first-order chi connectivity index (χ1) is 15.6. The molecule has 7 nitrogen and oxygen atoms in total. The van der Waals surface area contributed by atoms with E-state index in [9.17, 15) is 9.90 Å². The van der Waals surface area contributed by atoms with E-state index in [0.717, 1.165) is 11.1 Å². The Morgan fingerprint density at radius 3 is 2.47 bits per heavy atom. The van der Waals surface area contributed by atoms with Gasteiger partial charge in [0.05, 0.1) is 10.9 Å². The average molecular weight is 426 g/mol. The van der Waals surface area contributed by atoms with Crippen LogP contribution in [0.5, 0.6) is 11.5 Å². The van der Waals surface area contributed by atoms with Gasteiger partial charge in [-0.2, -0.15) is 0 Å². The number of rotatable bonds is 5. The molecule has 5 aromatic rings. The normalized spacial score (nSPS) is 11.0. The molecule has 0 saturated carbocycles. The molecule has 32 heavy (non-hydrogen) atoms. The molecule has 1 N–H and O–H groups in total. The van der Waals surface area contributed by atoms with Gasteiger partial charge in [0.1, 0.15) is 23.3 Å². The van der Waals surface area contributed by atoms with Crippen LogP contribution in [0.15, 0.2) is 86.6 Å². The largest absolute Gasteiger partial charge is 0.508 e. The molecule has 0 amide bonds. The van der Waals surface area contributed by atoms with Crippen LogP contribution in [0.1, 0.15) is 11.5 Å². The lowest BCUT2D eigenvalue weighted by Crippen LogP contribution is -2.05. The molecular formula is C25H18N2O5. The molecule has 0 fully saturated rings. The van der Waals surface area contributed by atoms with Crippen molar-refractivity contribution < 1.29 is 18.7 Å². The number of hydrogen-bond donors (Lipinski definition) is 1. The molecule has 0 unspecified atom stereocenters. The van der Waals surface area contributed by atoms with E-state index in [4.69, 9.17) is 13.6 Å². The summed E-state index contributed by atoms with van der Waals surface area (Å²) < 4.78 is 17.1. The van der Waals surface area contributed by atoms with Gasteiger partial charge >= 0.3 is 0 Å². The van der Waals surface area contributed by atoms with Crippen molar-refractivity contribution in [1.82, 2.24) is 10.2 Å². The second kappa shape index (κ2) is 8.03. The molecule has 2 heterocycles. The molecule has 0 saturated heterocycles. The van der Waals surface area contributed by atoms with E-state index in [-0.39, 0.29) is 17.8 Å². The molecular weight excluding hydrogens is 408 g/mol. The Bertz CT molecular complexity index is 1450. The lowest BCUT2D eigenvalue weighted by atomic mass is 10.1. The number of hydrogen-bond acceptors (Lipinski definition) is 7. The topological polar surface area (TPSA) is 98.6 Å². The molecule has 0 aliphatic carbocycles. The van der Waals surface area contributed by atoms with Crippen LogP contribution in [-0.2, 0) is 6.61 Å². The summed E-state index contributed by atoms with van der Waals surface area (Å²) in [7, 11) is 0. The van der Waals surface area contributed by atoms with Crippen LogP contribution in [0.4, 0.5) is 0 Å². The number of phenolic OH excluding ortho intramolecular Hbond substituents is 1. The van der Waals surface area contributed by atoms with Gasteiger partial charge in [0.15, 0.2) is 12.0 Å². The van der Waals surface area contributed by atoms with E-state index in [0.29, 0.717) is 39.6 Å². The third-order valence-corrected chi connectivity index (χ3v) is 5.05. The molecule has 7 heteroatoms. The average Bonchev–Trinajstić information content (AvgIpc) is 3.28. The van der Waals surface area contributed by atoms with Crippen molar-refractivity contribution in [1.29, 1.82) is 0 Å². The van der Waals surface area contributed by atoms with Gasteiger partial charge in [0, 0.05) is 11.6 Å². The summed E-state index contributed by atoms with van der Waals surface area (Å²) in [6.07, 6.45) is 1.41. The molecule has 0 bridgehead atoms. The molecule has 3 aromatic carbocycles. The van der Waals surface area contributed by atoms with Crippen molar-refractivity contribution in [2.75, 3.05) is 0 Å². The van der Waals surface area contributed by atoms with Crippen molar-refractivity contribution in [3.8, 4) is 34.1 Å². The summed E-state index contributed by atoms with van der Waals surface area (Å²) in [4.78, 5) is 12.9. The molecule has 0 atom stereocenters. The maximum Gasteiger partial charge on any atom is 0.254 e. The lowest BCUT2D eigenvalue weighted by molar-refractivity contribution is 0.264. The van der Waals surface area contributed by atoms with Gasteiger partial charge in [-0.25, -0.2) is 0 Å². The van der Waals surface area contributed by atoms with Gasteiger partial charge in [0.25, 0.3) is 5.89 Å². The molecule has 5 rings (SSSR count). The molecule has 0 aliphatic heterocycles. The minimum Gasteiger partial charge on any atom is -0.508 e. The Morgan fingerprint density at radius 1 is 0.938 bits per heavy atom. The number of nitrogens with zero attached hydrogens (tertiary/aromatic N) is 2. The standard InChI is InChI=1S/C25H18N2O5/c1-15-2-4-17(5-3-15)25-27-26-23(32-25)14-30-19-10-11-20-22(12-19)31-13-21(24(20)29)16-6-8-18(28)9-7-16/h2-13,28H,14H2,1H3. The van der Waals surface area contributed by atoms with E-state index in [2.05, 4.69) is 10.2 Å². The third-order valence-electron chi connectivity index (χ3n) is 5.05. The zero-order valence-corrected chi connectivity index (χ0v) is 17.1. The fourth-order valence-electron chi connectivity index (χ4n) is 3.31. The number of ether oxygens (including phenoxy) is 1. The van der Waals surface area contributed by atoms with Crippen LogP contribution in [0, 0.1) is 6.92 Å². The minimum absolute atomic E-state index is 0.0835. The van der Waals surface area contributed by atoms with Crippen LogP contribution in [-0.4, -0.2) is 15.3 Å². The van der Waals surface area contributed by atoms with Gasteiger partial charge in [-0.1, -0.05) is 29.8 Å². The summed E-state index contributed by atoms with van der Waals surface area (Å²) in [5, 5.41) is 18.0. The maximum absolute atomic E-state index is 12.9. The second-order valence-electron chi connectivity index (χ2n) is 7.34. The van der Waals surface area contributed by atoms with Gasteiger partial charge in [-0.15, -0.1) is 10.2 Å². The van der Waals surface area contributed by atoms with Crippen molar-refractivity contribution in [2.45, 2.75) is 13.5 Å². The highest BCUT2D eigenvalue weighted by Crippen LogP contribution is 2.25. The highest BCUT2D eigenvalue weighted by molar-refractivity contribution is 5.82. The van der Waals surface area contributed by atoms with Crippen LogP contribution in [0.3, 0.4) is 0 Å². The van der Waals surface area contributed by atoms with Gasteiger partial charge in [-0.05, 0) is 48.9 Å². The van der Waals surface area contributed by atoms with Crippen molar-refractivity contribution >= 4 is 11.0 Å². The summed E-state index contributed by atoms with van der Waals surface area (Å²) in [5.41, 5.74) is 3.31.